The highest BCUT2D eigenvalue weighted by atomic mass is 32.2. The minimum atomic E-state index is -3.81. The van der Waals surface area contributed by atoms with Crippen LogP contribution < -0.4 is 10.5 Å². The minimum absolute atomic E-state index is 0.00634. The fourth-order valence-corrected chi connectivity index (χ4v) is 6.27. The van der Waals surface area contributed by atoms with Gasteiger partial charge in [-0.25, -0.2) is 18.5 Å². The fourth-order valence-electron chi connectivity index (χ4n) is 4.60. The first-order valence-electron chi connectivity index (χ1n) is 11.1. The molecule has 2 aromatic rings. The van der Waals surface area contributed by atoms with Crippen molar-refractivity contribution < 1.29 is 18.0 Å². The summed E-state index contributed by atoms with van der Waals surface area (Å²) in [6.07, 6.45) is 4.95. The van der Waals surface area contributed by atoms with Crippen molar-refractivity contribution in [2.75, 3.05) is 5.32 Å². The number of anilines is 1. The third-order valence-corrected chi connectivity index (χ3v) is 8.27. The highest BCUT2D eigenvalue weighted by Crippen LogP contribution is 2.44. The molecule has 0 bridgehead atoms. The standard InChI is InChI=1S/C24H24N4O4S2/c1-14-7-12-19-18(13-14)20(22(29)27-19)21-23(30)28(16-5-3-2-4-6-16)24(33-21)26-15-8-10-17(11-9-15)34(25,31)32/h7-13,16H,2-6H2,1H3,(H,27,29)(H2,25,31,32)/b21-20-,26-24-. The number of fused-ring (bicyclic) bond motifs is 1. The van der Waals surface area contributed by atoms with Crippen LogP contribution >= 0.6 is 11.8 Å². The molecule has 0 spiro atoms. The van der Waals surface area contributed by atoms with Gasteiger partial charge in [-0.3, -0.25) is 14.5 Å². The van der Waals surface area contributed by atoms with Gasteiger partial charge in [0.2, 0.25) is 10.0 Å². The molecule has 8 nitrogen and oxygen atoms in total. The molecule has 10 heteroatoms. The van der Waals surface area contributed by atoms with Crippen molar-refractivity contribution in [2.45, 2.75) is 50.0 Å². The predicted octanol–water partition coefficient (Wildman–Crippen LogP) is 3.90. The zero-order valence-electron chi connectivity index (χ0n) is 18.6. The van der Waals surface area contributed by atoms with Crippen molar-refractivity contribution in [3.63, 3.8) is 0 Å². The lowest BCUT2D eigenvalue weighted by Crippen LogP contribution is -2.40. The zero-order valence-corrected chi connectivity index (χ0v) is 20.2. The van der Waals surface area contributed by atoms with Crippen LogP contribution in [-0.2, 0) is 19.6 Å². The molecule has 3 N–H and O–H groups in total. The molecular weight excluding hydrogens is 472 g/mol. The van der Waals surface area contributed by atoms with E-state index in [4.69, 9.17) is 10.1 Å². The number of aliphatic imine (C=N–C) groups is 1. The molecule has 0 radical (unpaired) electrons. The average Bonchev–Trinajstić information content (AvgIpc) is 3.28. The number of thioether (sulfide) groups is 1. The third-order valence-electron chi connectivity index (χ3n) is 6.29. The maximum absolute atomic E-state index is 13.7. The molecule has 176 valence electrons. The number of nitrogens with one attached hydrogen (secondary N) is 1. The number of primary sulfonamides is 1. The molecule has 1 saturated heterocycles. The van der Waals surface area contributed by atoms with E-state index in [9.17, 15) is 18.0 Å². The van der Waals surface area contributed by atoms with E-state index in [1.807, 2.05) is 25.1 Å². The van der Waals surface area contributed by atoms with Gasteiger partial charge in [0.05, 0.1) is 21.1 Å². The van der Waals surface area contributed by atoms with Gasteiger partial charge < -0.3 is 5.32 Å². The number of hydrogen-bond acceptors (Lipinski definition) is 6. The first-order chi connectivity index (χ1) is 16.2. The second-order valence-corrected chi connectivity index (χ2v) is 11.2. The van der Waals surface area contributed by atoms with Crippen LogP contribution in [0.25, 0.3) is 5.57 Å². The zero-order chi connectivity index (χ0) is 24.0. The lowest BCUT2D eigenvalue weighted by Gasteiger charge is -2.30. The quantitative estimate of drug-likeness (QED) is 0.624. The van der Waals surface area contributed by atoms with Crippen LogP contribution in [0.2, 0.25) is 0 Å². The number of amidine groups is 1. The summed E-state index contributed by atoms with van der Waals surface area (Å²) in [5.74, 6) is -0.505. The van der Waals surface area contributed by atoms with E-state index in [0.717, 1.165) is 43.2 Å². The van der Waals surface area contributed by atoms with Crippen molar-refractivity contribution in [3.05, 3.63) is 58.5 Å². The number of amides is 2. The Morgan fingerprint density at radius 1 is 1.06 bits per heavy atom. The SMILES string of the molecule is Cc1ccc2c(c1)/C(=C1/S/C(=N\c3ccc(S(N)(=O)=O)cc3)N(C3CCCCC3)C1=O)C(=O)N2. The molecular formula is C24H24N4O4S2. The number of benzene rings is 2. The molecule has 34 heavy (non-hydrogen) atoms. The Morgan fingerprint density at radius 3 is 2.44 bits per heavy atom. The largest absolute Gasteiger partial charge is 0.321 e. The maximum atomic E-state index is 13.7. The highest BCUT2D eigenvalue weighted by molar-refractivity contribution is 8.18. The van der Waals surface area contributed by atoms with Crippen LogP contribution in [0.15, 0.2) is 57.3 Å². The Labute approximate surface area is 202 Å². The van der Waals surface area contributed by atoms with Gasteiger partial charge in [0.1, 0.15) is 0 Å². The van der Waals surface area contributed by atoms with Crippen LogP contribution in [0.4, 0.5) is 11.4 Å². The Balaban J connectivity index is 1.59. The van der Waals surface area contributed by atoms with Crippen molar-refractivity contribution in [2.24, 2.45) is 10.1 Å². The molecule has 2 heterocycles. The molecule has 2 aliphatic heterocycles. The Morgan fingerprint density at radius 2 is 1.76 bits per heavy atom. The maximum Gasteiger partial charge on any atom is 0.267 e. The molecule has 0 aromatic heterocycles. The normalized spacial score (nSPS) is 22.4. The fraction of sp³-hybridized carbons (Fsp3) is 0.292. The van der Waals surface area contributed by atoms with E-state index in [0.29, 0.717) is 27.0 Å². The molecule has 0 atom stereocenters. The van der Waals surface area contributed by atoms with Gasteiger partial charge in [-0.05, 0) is 67.9 Å². The van der Waals surface area contributed by atoms with E-state index in [-0.39, 0.29) is 22.8 Å². The predicted molar refractivity (Wildman–Crippen MR) is 133 cm³/mol. The number of hydrogen-bond donors (Lipinski definition) is 2. The van der Waals surface area contributed by atoms with Crippen LogP contribution in [-0.4, -0.2) is 36.3 Å². The van der Waals surface area contributed by atoms with Crippen LogP contribution in [0.3, 0.4) is 0 Å². The van der Waals surface area contributed by atoms with Gasteiger partial charge in [-0.1, -0.05) is 30.9 Å². The number of nitrogens with two attached hydrogens (primary N) is 1. The summed E-state index contributed by atoms with van der Waals surface area (Å²) in [5, 5.41) is 8.55. The number of nitrogens with zero attached hydrogens (tertiary/aromatic N) is 2. The van der Waals surface area contributed by atoms with Gasteiger partial charge in [-0.15, -0.1) is 0 Å². The summed E-state index contributed by atoms with van der Waals surface area (Å²) >= 11 is 1.20. The number of carbonyl (C=O) groups is 2. The lowest BCUT2D eigenvalue weighted by atomic mass is 9.94. The van der Waals surface area contributed by atoms with Gasteiger partial charge in [0, 0.05) is 17.3 Å². The molecule has 5 rings (SSSR count). The van der Waals surface area contributed by atoms with Crippen molar-refractivity contribution in [1.29, 1.82) is 0 Å². The second-order valence-electron chi connectivity index (χ2n) is 8.71. The number of aryl methyl sites for hydroxylation is 1. The molecule has 2 amide bonds. The molecule has 1 saturated carbocycles. The molecule has 2 aromatic carbocycles. The lowest BCUT2D eigenvalue weighted by molar-refractivity contribution is -0.124. The Bertz CT molecular complexity index is 1360. The van der Waals surface area contributed by atoms with Gasteiger partial charge in [0.25, 0.3) is 11.8 Å². The van der Waals surface area contributed by atoms with Crippen LogP contribution in [0.1, 0.15) is 43.2 Å². The summed E-state index contributed by atoms with van der Waals surface area (Å²) < 4.78 is 23.2. The van der Waals surface area contributed by atoms with E-state index in [1.165, 1.54) is 23.9 Å². The summed E-state index contributed by atoms with van der Waals surface area (Å²) in [4.78, 5) is 33.4. The number of rotatable bonds is 3. The smallest absolute Gasteiger partial charge is 0.267 e. The summed E-state index contributed by atoms with van der Waals surface area (Å²) in [6.45, 7) is 1.95. The van der Waals surface area contributed by atoms with E-state index < -0.39 is 10.0 Å². The highest BCUT2D eigenvalue weighted by Gasteiger charge is 2.43. The monoisotopic (exact) mass is 496 g/mol. The summed E-state index contributed by atoms with van der Waals surface area (Å²) in [7, 11) is -3.81. The van der Waals surface area contributed by atoms with Gasteiger partial charge in [0.15, 0.2) is 5.17 Å². The van der Waals surface area contributed by atoms with Crippen LogP contribution in [0, 0.1) is 6.92 Å². The summed E-state index contributed by atoms with van der Waals surface area (Å²) in [5.41, 5.74) is 3.30. The van der Waals surface area contributed by atoms with E-state index >= 15 is 0 Å². The average molecular weight is 497 g/mol. The molecule has 3 aliphatic rings. The van der Waals surface area contributed by atoms with Crippen molar-refractivity contribution >= 4 is 55.7 Å². The Kier molecular flexibility index (Phi) is 5.83. The van der Waals surface area contributed by atoms with Crippen LogP contribution in [0.5, 0.6) is 0 Å². The molecule has 1 aliphatic carbocycles. The number of sulfonamides is 1. The van der Waals surface area contributed by atoms with Gasteiger partial charge >= 0.3 is 0 Å². The third kappa shape index (κ3) is 4.17. The minimum Gasteiger partial charge on any atom is -0.321 e. The molecule has 2 fully saturated rings. The molecule has 0 unspecified atom stereocenters. The first kappa shape index (κ1) is 22.8. The van der Waals surface area contributed by atoms with E-state index in [2.05, 4.69) is 5.32 Å². The van der Waals surface area contributed by atoms with Gasteiger partial charge in [-0.2, -0.15) is 0 Å². The number of carbonyl (C=O) groups excluding carboxylic acids is 2. The Hall–Kier alpha value is -2.95. The van der Waals surface area contributed by atoms with Crippen molar-refractivity contribution in [1.82, 2.24) is 4.90 Å². The topological polar surface area (TPSA) is 122 Å². The first-order valence-corrected chi connectivity index (χ1v) is 13.5. The van der Waals surface area contributed by atoms with Crippen molar-refractivity contribution in [3.8, 4) is 0 Å². The summed E-state index contributed by atoms with van der Waals surface area (Å²) in [6, 6.07) is 11.6. The second kappa shape index (κ2) is 8.68. The van der Waals surface area contributed by atoms with E-state index in [1.54, 1.807) is 17.0 Å².